The van der Waals surface area contributed by atoms with Crippen molar-refractivity contribution in [3.05, 3.63) is 53.9 Å². The van der Waals surface area contributed by atoms with Crippen LogP contribution in [0.2, 0.25) is 0 Å². The first kappa shape index (κ1) is 14.1. The van der Waals surface area contributed by atoms with Gasteiger partial charge in [0.05, 0.1) is 11.7 Å². The maximum atomic E-state index is 12.1. The number of carbonyl (C=O) groups excluding carboxylic acids is 1. The summed E-state index contributed by atoms with van der Waals surface area (Å²) in [5.74, 6) is 0.628. The van der Waals surface area contributed by atoms with Crippen molar-refractivity contribution in [3.63, 3.8) is 0 Å². The standard InChI is InChI=1S/C16H18N2O2/c1-11(2)20-14-6-4-13(5-7-14)18-16(19)15-10-17-9-8-12(15)3/h4-11H,1-3H3,(H,18,19). The van der Waals surface area contributed by atoms with Crippen molar-refractivity contribution in [2.45, 2.75) is 26.9 Å². The van der Waals surface area contributed by atoms with E-state index in [1.165, 1.54) is 0 Å². The number of hydrogen-bond donors (Lipinski definition) is 1. The summed E-state index contributed by atoms with van der Waals surface area (Å²) in [6.45, 7) is 5.83. The molecule has 4 nitrogen and oxygen atoms in total. The summed E-state index contributed by atoms with van der Waals surface area (Å²) in [5, 5.41) is 2.85. The van der Waals surface area contributed by atoms with Crippen LogP contribution in [-0.2, 0) is 0 Å². The summed E-state index contributed by atoms with van der Waals surface area (Å²) < 4.78 is 5.56. The molecule has 1 N–H and O–H groups in total. The number of hydrogen-bond acceptors (Lipinski definition) is 3. The number of ether oxygens (including phenoxy) is 1. The Hall–Kier alpha value is -2.36. The molecule has 0 fully saturated rings. The third kappa shape index (κ3) is 3.57. The minimum absolute atomic E-state index is 0.133. The van der Waals surface area contributed by atoms with Gasteiger partial charge in [-0.2, -0.15) is 0 Å². The fourth-order valence-corrected chi connectivity index (χ4v) is 1.79. The predicted molar refractivity (Wildman–Crippen MR) is 79.1 cm³/mol. The number of carbonyl (C=O) groups is 1. The minimum atomic E-state index is -0.159. The minimum Gasteiger partial charge on any atom is -0.491 e. The Labute approximate surface area is 118 Å². The van der Waals surface area contributed by atoms with E-state index < -0.39 is 0 Å². The molecular formula is C16H18N2O2. The van der Waals surface area contributed by atoms with E-state index in [-0.39, 0.29) is 12.0 Å². The van der Waals surface area contributed by atoms with E-state index in [9.17, 15) is 4.79 Å². The number of nitrogens with one attached hydrogen (secondary N) is 1. The number of amides is 1. The molecule has 20 heavy (non-hydrogen) atoms. The monoisotopic (exact) mass is 270 g/mol. The molecule has 0 aliphatic rings. The van der Waals surface area contributed by atoms with E-state index in [0.29, 0.717) is 5.56 Å². The lowest BCUT2D eigenvalue weighted by atomic mass is 10.1. The predicted octanol–water partition coefficient (Wildman–Crippen LogP) is 3.43. The van der Waals surface area contributed by atoms with E-state index in [4.69, 9.17) is 4.74 Å². The average Bonchev–Trinajstić information content (AvgIpc) is 2.41. The first-order chi connectivity index (χ1) is 9.56. The topological polar surface area (TPSA) is 51.2 Å². The highest BCUT2D eigenvalue weighted by molar-refractivity contribution is 6.05. The van der Waals surface area contributed by atoms with Gasteiger partial charge in [0.1, 0.15) is 5.75 Å². The molecule has 1 amide bonds. The summed E-state index contributed by atoms with van der Waals surface area (Å²) in [6, 6.07) is 9.13. The van der Waals surface area contributed by atoms with Gasteiger partial charge in [-0.1, -0.05) is 0 Å². The highest BCUT2D eigenvalue weighted by Gasteiger charge is 2.09. The van der Waals surface area contributed by atoms with Gasteiger partial charge < -0.3 is 10.1 Å². The molecule has 0 bridgehead atoms. The quantitative estimate of drug-likeness (QED) is 0.926. The second kappa shape index (κ2) is 6.19. The SMILES string of the molecule is Cc1ccncc1C(=O)Nc1ccc(OC(C)C)cc1. The molecule has 0 radical (unpaired) electrons. The van der Waals surface area contributed by atoms with Crippen LogP contribution in [-0.4, -0.2) is 17.0 Å². The van der Waals surface area contributed by atoms with Crippen LogP contribution in [0, 0.1) is 6.92 Å². The Morgan fingerprint density at radius 1 is 1.20 bits per heavy atom. The van der Waals surface area contributed by atoms with E-state index in [1.54, 1.807) is 12.4 Å². The van der Waals surface area contributed by atoms with Crippen LogP contribution >= 0.6 is 0 Å². The van der Waals surface area contributed by atoms with Crippen LogP contribution in [0.1, 0.15) is 29.8 Å². The van der Waals surface area contributed by atoms with Gasteiger partial charge in [0.2, 0.25) is 0 Å². The van der Waals surface area contributed by atoms with Gasteiger partial charge in [0.15, 0.2) is 0 Å². The van der Waals surface area contributed by atoms with Crippen LogP contribution in [0.15, 0.2) is 42.7 Å². The highest BCUT2D eigenvalue weighted by Crippen LogP contribution is 2.18. The van der Waals surface area contributed by atoms with Crippen molar-refractivity contribution in [1.29, 1.82) is 0 Å². The molecule has 1 aromatic heterocycles. The highest BCUT2D eigenvalue weighted by atomic mass is 16.5. The zero-order valence-electron chi connectivity index (χ0n) is 11.9. The van der Waals surface area contributed by atoms with Crippen LogP contribution in [0.5, 0.6) is 5.75 Å². The summed E-state index contributed by atoms with van der Waals surface area (Å²) in [7, 11) is 0. The van der Waals surface area contributed by atoms with Gasteiger partial charge in [-0.3, -0.25) is 9.78 Å². The number of aromatic nitrogens is 1. The molecule has 0 atom stereocenters. The van der Waals surface area contributed by atoms with Crippen molar-refractivity contribution in [1.82, 2.24) is 4.98 Å². The number of anilines is 1. The zero-order valence-corrected chi connectivity index (χ0v) is 11.9. The Morgan fingerprint density at radius 2 is 1.90 bits per heavy atom. The summed E-state index contributed by atoms with van der Waals surface area (Å²) >= 11 is 0. The van der Waals surface area contributed by atoms with Gasteiger partial charge in [-0.25, -0.2) is 0 Å². The molecule has 1 heterocycles. The molecule has 0 unspecified atom stereocenters. The Morgan fingerprint density at radius 3 is 2.50 bits per heavy atom. The van der Waals surface area contributed by atoms with E-state index in [0.717, 1.165) is 17.0 Å². The Balaban J connectivity index is 2.07. The maximum Gasteiger partial charge on any atom is 0.257 e. The normalized spacial score (nSPS) is 10.4. The lowest BCUT2D eigenvalue weighted by Crippen LogP contribution is -2.13. The van der Waals surface area contributed by atoms with Crippen LogP contribution in [0.4, 0.5) is 5.69 Å². The Kier molecular flexibility index (Phi) is 4.35. The molecule has 0 saturated carbocycles. The first-order valence-corrected chi connectivity index (χ1v) is 6.55. The van der Waals surface area contributed by atoms with Gasteiger partial charge in [0.25, 0.3) is 5.91 Å². The average molecular weight is 270 g/mol. The molecule has 0 saturated heterocycles. The molecule has 104 valence electrons. The van der Waals surface area contributed by atoms with Gasteiger partial charge in [-0.15, -0.1) is 0 Å². The molecule has 2 aromatic rings. The van der Waals surface area contributed by atoms with Crippen molar-refractivity contribution in [3.8, 4) is 5.75 Å². The molecular weight excluding hydrogens is 252 g/mol. The van der Waals surface area contributed by atoms with E-state index >= 15 is 0 Å². The molecule has 0 aliphatic heterocycles. The second-order valence-electron chi connectivity index (χ2n) is 4.84. The van der Waals surface area contributed by atoms with Gasteiger partial charge >= 0.3 is 0 Å². The largest absolute Gasteiger partial charge is 0.491 e. The van der Waals surface area contributed by atoms with Crippen LogP contribution in [0.3, 0.4) is 0 Å². The smallest absolute Gasteiger partial charge is 0.257 e. The van der Waals surface area contributed by atoms with Crippen molar-refractivity contribution < 1.29 is 9.53 Å². The van der Waals surface area contributed by atoms with Crippen LogP contribution < -0.4 is 10.1 Å². The lowest BCUT2D eigenvalue weighted by Gasteiger charge is -2.11. The second-order valence-corrected chi connectivity index (χ2v) is 4.84. The van der Waals surface area contributed by atoms with Crippen molar-refractivity contribution in [2.75, 3.05) is 5.32 Å². The van der Waals surface area contributed by atoms with Crippen LogP contribution in [0.25, 0.3) is 0 Å². The molecule has 0 spiro atoms. The first-order valence-electron chi connectivity index (χ1n) is 6.55. The van der Waals surface area contributed by atoms with Crippen molar-refractivity contribution in [2.24, 2.45) is 0 Å². The third-order valence-electron chi connectivity index (χ3n) is 2.77. The molecule has 0 aliphatic carbocycles. The molecule has 2 rings (SSSR count). The Bertz CT molecular complexity index is 592. The number of benzene rings is 1. The van der Waals surface area contributed by atoms with E-state index in [1.807, 2.05) is 51.1 Å². The molecule has 1 aromatic carbocycles. The van der Waals surface area contributed by atoms with Crippen molar-refractivity contribution >= 4 is 11.6 Å². The fourth-order valence-electron chi connectivity index (χ4n) is 1.79. The fraction of sp³-hybridized carbons (Fsp3) is 0.250. The summed E-state index contributed by atoms with van der Waals surface area (Å²) in [4.78, 5) is 16.1. The van der Waals surface area contributed by atoms with Gasteiger partial charge in [0, 0.05) is 18.1 Å². The number of pyridine rings is 1. The summed E-state index contributed by atoms with van der Waals surface area (Å²) in [6.07, 6.45) is 3.37. The number of rotatable bonds is 4. The lowest BCUT2D eigenvalue weighted by molar-refractivity contribution is 0.102. The molecule has 4 heteroatoms. The zero-order chi connectivity index (χ0) is 14.5. The maximum absolute atomic E-state index is 12.1. The number of nitrogens with zero attached hydrogens (tertiary/aromatic N) is 1. The van der Waals surface area contributed by atoms with Gasteiger partial charge in [-0.05, 0) is 56.7 Å². The number of aryl methyl sites for hydroxylation is 1. The van der Waals surface area contributed by atoms with E-state index in [2.05, 4.69) is 10.3 Å². The third-order valence-corrected chi connectivity index (χ3v) is 2.77. The summed E-state index contributed by atoms with van der Waals surface area (Å²) in [5.41, 5.74) is 2.21.